The second-order valence-electron chi connectivity index (χ2n) is 5.42. The van der Waals surface area contributed by atoms with E-state index in [0.717, 1.165) is 21.3 Å². The van der Waals surface area contributed by atoms with Gasteiger partial charge in [0.2, 0.25) is 0 Å². The maximum atomic E-state index is 6.33. The minimum atomic E-state index is 0.324. The highest BCUT2D eigenvalue weighted by Gasteiger charge is 2.15. The Morgan fingerprint density at radius 3 is 2.05 bits per heavy atom. The normalized spacial score (nSPS) is 11.2. The van der Waals surface area contributed by atoms with E-state index in [4.69, 9.17) is 11.6 Å². The second-order valence-corrected chi connectivity index (χ2v) is 6.57. The molecular weight excluding hydrogens is 336 g/mol. The summed E-state index contributed by atoms with van der Waals surface area (Å²) in [6.07, 6.45) is 0. The second kappa shape index (κ2) is 5.82. The van der Waals surface area contributed by atoms with Crippen LogP contribution in [0.5, 0.6) is 0 Å². The lowest BCUT2D eigenvalue weighted by Gasteiger charge is -2.13. The molecule has 20 heavy (non-hydrogen) atoms. The van der Waals surface area contributed by atoms with Crippen molar-refractivity contribution < 1.29 is 0 Å². The molecule has 106 valence electrons. The number of rotatable bonds is 2. The summed E-state index contributed by atoms with van der Waals surface area (Å²) in [6, 6.07) is 4.16. The molecule has 1 aromatic heterocycles. The molecule has 0 aliphatic carbocycles. The van der Waals surface area contributed by atoms with E-state index in [1.165, 1.54) is 11.1 Å². The topological polar surface area (TPSA) is 25.8 Å². The van der Waals surface area contributed by atoms with Gasteiger partial charge >= 0.3 is 0 Å². The monoisotopic (exact) mass is 352 g/mol. The molecule has 0 saturated heterocycles. The zero-order valence-electron chi connectivity index (χ0n) is 12.4. The predicted octanol–water partition coefficient (Wildman–Crippen LogP) is 5.61. The summed E-state index contributed by atoms with van der Waals surface area (Å²) in [5, 5.41) is 0.556. The summed E-state index contributed by atoms with van der Waals surface area (Å²) in [6.45, 7) is 10.3. The highest BCUT2D eigenvalue weighted by Crippen LogP contribution is 2.30. The molecule has 2 rings (SSSR count). The Kier molecular flexibility index (Phi) is 4.50. The minimum absolute atomic E-state index is 0.324. The Morgan fingerprint density at radius 1 is 1.05 bits per heavy atom. The standard InChI is InChI=1S/C16H18BrClN2/c1-8(2)13-11(5)19-16(20-15(13)18)12-6-9(3)14(17)10(4)7-12/h6-8H,1-5H3. The van der Waals surface area contributed by atoms with Gasteiger partial charge in [-0.2, -0.15) is 0 Å². The molecule has 0 fully saturated rings. The number of benzene rings is 1. The fourth-order valence-corrected chi connectivity index (χ4v) is 3.07. The fraction of sp³-hybridized carbons (Fsp3) is 0.375. The number of aryl methyl sites for hydroxylation is 3. The van der Waals surface area contributed by atoms with Gasteiger partial charge < -0.3 is 0 Å². The molecule has 0 spiro atoms. The summed E-state index contributed by atoms with van der Waals surface area (Å²) in [7, 11) is 0. The first kappa shape index (κ1) is 15.5. The van der Waals surface area contributed by atoms with Crippen LogP contribution in [0.15, 0.2) is 16.6 Å². The zero-order valence-corrected chi connectivity index (χ0v) is 14.7. The molecule has 0 amide bonds. The van der Waals surface area contributed by atoms with E-state index in [9.17, 15) is 0 Å². The Morgan fingerprint density at radius 2 is 1.60 bits per heavy atom. The molecule has 2 nitrogen and oxygen atoms in total. The number of hydrogen-bond donors (Lipinski definition) is 0. The lowest BCUT2D eigenvalue weighted by Crippen LogP contribution is -2.02. The number of halogens is 2. The van der Waals surface area contributed by atoms with Crippen molar-refractivity contribution in [3.63, 3.8) is 0 Å². The molecule has 1 heterocycles. The molecule has 0 aliphatic heterocycles. The van der Waals surface area contributed by atoms with Gasteiger partial charge in [-0.15, -0.1) is 0 Å². The first-order valence-corrected chi connectivity index (χ1v) is 7.79. The summed E-state index contributed by atoms with van der Waals surface area (Å²) < 4.78 is 1.13. The van der Waals surface area contributed by atoms with Gasteiger partial charge in [-0.25, -0.2) is 9.97 Å². The van der Waals surface area contributed by atoms with Crippen LogP contribution in [0.25, 0.3) is 11.4 Å². The molecular formula is C16H18BrClN2. The van der Waals surface area contributed by atoms with Crippen LogP contribution >= 0.6 is 27.5 Å². The number of aromatic nitrogens is 2. The first-order valence-electron chi connectivity index (χ1n) is 6.62. The van der Waals surface area contributed by atoms with Crippen molar-refractivity contribution in [3.05, 3.63) is 44.1 Å². The van der Waals surface area contributed by atoms with Crippen molar-refractivity contribution in [2.24, 2.45) is 0 Å². The highest BCUT2D eigenvalue weighted by molar-refractivity contribution is 9.10. The average Bonchev–Trinajstić information content (AvgIpc) is 2.33. The maximum absolute atomic E-state index is 6.33. The first-order chi connectivity index (χ1) is 9.31. The third-order valence-electron chi connectivity index (χ3n) is 3.36. The molecule has 0 saturated carbocycles. The van der Waals surface area contributed by atoms with Crippen LogP contribution in [0.1, 0.15) is 42.1 Å². The highest BCUT2D eigenvalue weighted by atomic mass is 79.9. The average molecular weight is 354 g/mol. The third kappa shape index (κ3) is 2.89. The Bertz CT molecular complexity index is 620. The van der Waals surface area contributed by atoms with Crippen LogP contribution in [0, 0.1) is 20.8 Å². The molecule has 0 unspecified atom stereocenters. The third-order valence-corrected chi connectivity index (χ3v) is 4.90. The van der Waals surface area contributed by atoms with Crippen LogP contribution < -0.4 is 0 Å². The van der Waals surface area contributed by atoms with Crippen LogP contribution in [0.4, 0.5) is 0 Å². The zero-order chi connectivity index (χ0) is 15.0. The molecule has 2 aromatic rings. The van der Waals surface area contributed by atoms with E-state index in [2.05, 4.69) is 65.7 Å². The van der Waals surface area contributed by atoms with Crippen molar-refractivity contribution in [1.82, 2.24) is 9.97 Å². The lowest BCUT2D eigenvalue weighted by molar-refractivity contribution is 0.831. The van der Waals surface area contributed by atoms with Crippen LogP contribution in [-0.4, -0.2) is 9.97 Å². The lowest BCUT2D eigenvalue weighted by atomic mass is 10.0. The van der Waals surface area contributed by atoms with E-state index < -0.39 is 0 Å². The minimum Gasteiger partial charge on any atom is -0.233 e. The summed E-state index contributed by atoms with van der Waals surface area (Å²) in [5.41, 5.74) is 5.33. The summed E-state index contributed by atoms with van der Waals surface area (Å²) in [4.78, 5) is 9.10. The van der Waals surface area contributed by atoms with Crippen LogP contribution in [-0.2, 0) is 0 Å². The molecule has 1 aromatic carbocycles. The Labute approximate surface area is 133 Å². The molecule has 0 radical (unpaired) electrons. The van der Waals surface area contributed by atoms with Crippen LogP contribution in [0.3, 0.4) is 0 Å². The molecule has 0 N–H and O–H groups in total. The molecule has 4 heteroatoms. The fourth-order valence-electron chi connectivity index (χ4n) is 2.41. The number of hydrogen-bond acceptors (Lipinski definition) is 2. The molecule has 0 bridgehead atoms. The van der Waals surface area contributed by atoms with E-state index in [1.54, 1.807) is 0 Å². The Balaban J connectivity index is 2.60. The molecule has 0 atom stereocenters. The maximum Gasteiger partial charge on any atom is 0.161 e. The van der Waals surface area contributed by atoms with Crippen LogP contribution in [0.2, 0.25) is 5.15 Å². The van der Waals surface area contributed by atoms with E-state index in [-0.39, 0.29) is 0 Å². The van der Waals surface area contributed by atoms with Gasteiger partial charge in [0.25, 0.3) is 0 Å². The van der Waals surface area contributed by atoms with Gasteiger partial charge in [0.05, 0.1) is 0 Å². The van der Waals surface area contributed by atoms with Crippen molar-refractivity contribution >= 4 is 27.5 Å². The largest absolute Gasteiger partial charge is 0.233 e. The molecule has 0 aliphatic rings. The Hall–Kier alpha value is -0.930. The quantitative estimate of drug-likeness (QED) is 0.656. The van der Waals surface area contributed by atoms with Gasteiger partial charge in [0, 0.05) is 21.3 Å². The van der Waals surface area contributed by atoms with E-state index in [1.807, 2.05) is 6.92 Å². The summed E-state index contributed by atoms with van der Waals surface area (Å²) >= 11 is 9.91. The van der Waals surface area contributed by atoms with Crippen molar-refractivity contribution in [2.45, 2.75) is 40.5 Å². The van der Waals surface area contributed by atoms with Gasteiger partial charge in [-0.3, -0.25) is 0 Å². The van der Waals surface area contributed by atoms with Gasteiger partial charge in [-0.05, 0) is 49.9 Å². The van der Waals surface area contributed by atoms with Gasteiger partial charge in [0.15, 0.2) is 5.82 Å². The van der Waals surface area contributed by atoms with Gasteiger partial charge in [0.1, 0.15) is 5.15 Å². The van der Waals surface area contributed by atoms with E-state index >= 15 is 0 Å². The van der Waals surface area contributed by atoms with Crippen molar-refractivity contribution in [1.29, 1.82) is 0 Å². The van der Waals surface area contributed by atoms with Crippen molar-refractivity contribution in [2.75, 3.05) is 0 Å². The SMILES string of the molecule is Cc1cc(-c2nc(C)c(C(C)C)c(Cl)n2)cc(C)c1Br. The summed E-state index contributed by atoms with van der Waals surface area (Å²) in [5.74, 6) is 1.01. The number of nitrogens with zero attached hydrogens (tertiary/aromatic N) is 2. The smallest absolute Gasteiger partial charge is 0.161 e. The van der Waals surface area contributed by atoms with Gasteiger partial charge in [-0.1, -0.05) is 41.4 Å². The predicted molar refractivity (Wildman–Crippen MR) is 88.5 cm³/mol. The van der Waals surface area contributed by atoms with E-state index in [0.29, 0.717) is 16.9 Å². The van der Waals surface area contributed by atoms with Crippen molar-refractivity contribution in [3.8, 4) is 11.4 Å².